The highest BCUT2D eigenvalue weighted by atomic mass is 15.1. The van der Waals surface area contributed by atoms with Crippen LogP contribution in [-0.2, 0) is 6.42 Å². The van der Waals surface area contributed by atoms with Gasteiger partial charge in [-0.3, -0.25) is 0 Å². The average molecular weight is 265 g/mol. The Morgan fingerprint density at radius 2 is 1.90 bits per heavy atom. The molecule has 0 radical (unpaired) electrons. The molecule has 1 unspecified atom stereocenters. The molecule has 0 aromatic heterocycles. The van der Waals surface area contributed by atoms with Crippen molar-refractivity contribution in [1.82, 2.24) is 4.90 Å². The fourth-order valence-electron chi connectivity index (χ4n) is 3.33. The van der Waals surface area contributed by atoms with E-state index in [0.29, 0.717) is 5.92 Å². The summed E-state index contributed by atoms with van der Waals surface area (Å²) in [6.07, 6.45) is 9.34. The molecular weight excluding hydrogens is 242 g/mol. The average Bonchev–Trinajstić information content (AvgIpc) is 2.57. The van der Waals surface area contributed by atoms with E-state index in [1.807, 2.05) is 0 Å². The molecule has 0 bridgehead atoms. The minimum absolute atomic E-state index is 0.499. The zero-order valence-electron chi connectivity index (χ0n) is 12.7. The first kappa shape index (κ1) is 13.4. The highest BCUT2D eigenvalue weighted by Gasteiger charge is 2.26. The summed E-state index contributed by atoms with van der Waals surface area (Å²) < 4.78 is 0. The van der Waals surface area contributed by atoms with Crippen molar-refractivity contribution in [3.63, 3.8) is 0 Å². The van der Waals surface area contributed by atoms with Gasteiger partial charge in [0.2, 0.25) is 0 Å². The van der Waals surface area contributed by atoms with Crippen LogP contribution in [0.2, 0.25) is 0 Å². The SMILES string of the molecule is CC1=CCC2=CCc3ccccc3C(CN(C)C)C2=C1. The van der Waals surface area contributed by atoms with Gasteiger partial charge in [0.1, 0.15) is 0 Å². The van der Waals surface area contributed by atoms with Crippen molar-refractivity contribution in [2.75, 3.05) is 20.6 Å². The van der Waals surface area contributed by atoms with E-state index < -0.39 is 0 Å². The number of fused-ring (bicyclic) bond motifs is 2. The monoisotopic (exact) mass is 265 g/mol. The largest absolute Gasteiger partial charge is 0.308 e. The summed E-state index contributed by atoms with van der Waals surface area (Å²) in [5, 5.41) is 0. The van der Waals surface area contributed by atoms with E-state index in [4.69, 9.17) is 0 Å². The Balaban J connectivity index is 2.12. The first-order chi connectivity index (χ1) is 9.65. The predicted molar refractivity (Wildman–Crippen MR) is 86.0 cm³/mol. The van der Waals surface area contributed by atoms with E-state index in [0.717, 1.165) is 19.4 Å². The molecule has 2 aliphatic rings. The van der Waals surface area contributed by atoms with Crippen LogP contribution in [0.5, 0.6) is 0 Å². The molecule has 1 aromatic rings. The fourth-order valence-corrected chi connectivity index (χ4v) is 3.33. The van der Waals surface area contributed by atoms with Gasteiger partial charge >= 0.3 is 0 Å². The second-order valence-corrected chi connectivity index (χ2v) is 6.20. The minimum Gasteiger partial charge on any atom is -0.308 e. The first-order valence-electron chi connectivity index (χ1n) is 7.45. The molecule has 0 fully saturated rings. The van der Waals surface area contributed by atoms with E-state index in [9.17, 15) is 0 Å². The highest BCUT2D eigenvalue weighted by molar-refractivity contribution is 5.53. The van der Waals surface area contributed by atoms with Crippen LogP contribution in [0.4, 0.5) is 0 Å². The number of hydrogen-bond donors (Lipinski definition) is 0. The van der Waals surface area contributed by atoms with Gasteiger partial charge in [0, 0.05) is 12.5 Å². The van der Waals surface area contributed by atoms with Gasteiger partial charge in [-0.1, -0.05) is 48.1 Å². The lowest BCUT2D eigenvalue weighted by atomic mass is 9.82. The number of hydrogen-bond acceptors (Lipinski definition) is 1. The van der Waals surface area contributed by atoms with Crippen LogP contribution in [0.15, 0.2) is 59.2 Å². The van der Waals surface area contributed by atoms with E-state index in [1.54, 1.807) is 0 Å². The molecule has 0 spiro atoms. The summed E-state index contributed by atoms with van der Waals surface area (Å²) in [7, 11) is 4.34. The molecule has 0 heterocycles. The Labute approximate surface area is 122 Å². The minimum atomic E-state index is 0.499. The molecule has 1 heteroatoms. The summed E-state index contributed by atoms with van der Waals surface area (Å²) >= 11 is 0. The topological polar surface area (TPSA) is 3.24 Å². The zero-order valence-corrected chi connectivity index (χ0v) is 12.7. The Morgan fingerprint density at radius 1 is 1.10 bits per heavy atom. The van der Waals surface area contributed by atoms with Gasteiger partial charge in [-0.15, -0.1) is 0 Å². The second kappa shape index (κ2) is 5.41. The maximum atomic E-state index is 2.43. The third-order valence-electron chi connectivity index (χ3n) is 4.32. The van der Waals surface area contributed by atoms with Crippen LogP contribution >= 0.6 is 0 Å². The molecule has 20 heavy (non-hydrogen) atoms. The number of benzene rings is 1. The van der Waals surface area contributed by atoms with E-state index in [1.165, 1.54) is 27.8 Å². The number of allylic oxidation sites excluding steroid dienone is 5. The Morgan fingerprint density at radius 3 is 2.70 bits per heavy atom. The van der Waals surface area contributed by atoms with E-state index >= 15 is 0 Å². The predicted octanol–water partition coefficient (Wildman–Crippen LogP) is 4.09. The quantitative estimate of drug-likeness (QED) is 0.778. The van der Waals surface area contributed by atoms with Crippen molar-refractivity contribution < 1.29 is 0 Å². The number of nitrogens with zero attached hydrogens (tertiary/aromatic N) is 1. The molecule has 0 saturated carbocycles. The lowest BCUT2D eigenvalue weighted by molar-refractivity contribution is 0.390. The molecule has 104 valence electrons. The van der Waals surface area contributed by atoms with Crippen LogP contribution in [-0.4, -0.2) is 25.5 Å². The standard InChI is InChI=1S/C19H23N/c1-14-8-9-16-11-10-15-6-4-5-7-17(15)19(13-20(2)3)18(16)12-14/h4-8,11-12,19H,9-10,13H2,1-3H3. The molecule has 0 amide bonds. The second-order valence-electron chi connectivity index (χ2n) is 6.20. The van der Waals surface area contributed by atoms with E-state index in [2.05, 4.69) is 68.4 Å². The lowest BCUT2D eigenvalue weighted by Gasteiger charge is -2.27. The van der Waals surface area contributed by atoms with E-state index in [-0.39, 0.29) is 0 Å². The third-order valence-corrected chi connectivity index (χ3v) is 4.32. The third kappa shape index (κ3) is 2.51. The van der Waals surface area contributed by atoms with Crippen LogP contribution in [0.25, 0.3) is 0 Å². The van der Waals surface area contributed by atoms with Crippen LogP contribution in [0.3, 0.4) is 0 Å². The molecule has 0 saturated heterocycles. The van der Waals surface area contributed by atoms with Crippen molar-refractivity contribution >= 4 is 0 Å². The molecule has 2 aliphatic carbocycles. The van der Waals surface area contributed by atoms with Crippen LogP contribution in [0.1, 0.15) is 30.4 Å². The van der Waals surface area contributed by atoms with Gasteiger partial charge in [-0.25, -0.2) is 0 Å². The van der Waals surface area contributed by atoms with Gasteiger partial charge in [-0.05, 0) is 56.1 Å². The van der Waals surface area contributed by atoms with Crippen molar-refractivity contribution in [2.45, 2.75) is 25.7 Å². The van der Waals surface area contributed by atoms with Gasteiger partial charge in [0.05, 0.1) is 0 Å². The summed E-state index contributed by atoms with van der Waals surface area (Å²) in [5.41, 5.74) is 7.45. The number of rotatable bonds is 2. The smallest absolute Gasteiger partial charge is 0.0222 e. The first-order valence-corrected chi connectivity index (χ1v) is 7.45. The molecule has 0 N–H and O–H groups in total. The normalized spacial score (nSPS) is 21.4. The maximum Gasteiger partial charge on any atom is 0.0222 e. The van der Waals surface area contributed by atoms with Gasteiger partial charge in [-0.2, -0.15) is 0 Å². The molecule has 1 atom stereocenters. The van der Waals surface area contributed by atoms with Crippen LogP contribution in [0, 0.1) is 0 Å². The van der Waals surface area contributed by atoms with Crippen LogP contribution < -0.4 is 0 Å². The Hall–Kier alpha value is -1.60. The Kier molecular flexibility index (Phi) is 3.62. The maximum absolute atomic E-state index is 2.43. The van der Waals surface area contributed by atoms with Gasteiger partial charge in [0.25, 0.3) is 0 Å². The summed E-state index contributed by atoms with van der Waals surface area (Å²) in [5.74, 6) is 0.499. The van der Waals surface area contributed by atoms with Crippen molar-refractivity contribution in [2.24, 2.45) is 0 Å². The molecule has 1 aromatic carbocycles. The molecule has 0 aliphatic heterocycles. The zero-order chi connectivity index (χ0) is 14.1. The van der Waals surface area contributed by atoms with Gasteiger partial charge < -0.3 is 4.90 Å². The lowest BCUT2D eigenvalue weighted by Crippen LogP contribution is -2.23. The van der Waals surface area contributed by atoms with Crippen molar-refractivity contribution in [3.8, 4) is 0 Å². The highest BCUT2D eigenvalue weighted by Crippen LogP contribution is 2.39. The van der Waals surface area contributed by atoms with Gasteiger partial charge in [0.15, 0.2) is 0 Å². The van der Waals surface area contributed by atoms with Crippen molar-refractivity contribution in [1.29, 1.82) is 0 Å². The summed E-state index contributed by atoms with van der Waals surface area (Å²) in [4.78, 5) is 2.30. The van der Waals surface area contributed by atoms with Crippen molar-refractivity contribution in [3.05, 3.63) is 70.3 Å². The molecule has 3 rings (SSSR count). The fraction of sp³-hybridized carbons (Fsp3) is 0.368. The summed E-state index contributed by atoms with van der Waals surface area (Å²) in [6, 6.07) is 8.94. The molecular formula is C19H23N. The Bertz CT molecular complexity index is 602. The summed E-state index contributed by atoms with van der Waals surface area (Å²) in [6.45, 7) is 3.29. The number of likely N-dealkylation sites (N-methyl/N-ethyl adjacent to an activating group) is 1. The molecule has 1 nitrogen and oxygen atoms in total.